The van der Waals surface area contributed by atoms with Crippen molar-refractivity contribution in [1.29, 1.82) is 0 Å². The number of rotatable bonds is 7. The van der Waals surface area contributed by atoms with Gasteiger partial charge in [-0.25, -0.2) is 4.79 Å². The van der Waals surface area contributed by atoms with Crippen molar-refractivity contribution in [3.8, 4) is 0 Å². The van der Waals surface area contributed by atoms with Crippen LogP contribution in [0.5, 0.6) is 0 Å². The van der Waals surface area contributed by atoms with E-state index in [0.29, 0.717) is 25.8 Å². The summed E-state index contributed by atoms with van der Waals surface area (Å²) >= 11 is 0. The van der Waals surface area contributed by atoms with Crippen LogP contribution in [0.3, 0.4) is 0 Å². The highest BCUT2D eigenvalue weighted by atomic mass is 16.4. The third kappa shape index (κ3) is 4.78. The van der Waals surface area contributed by atoms with Crippen LogP contribution in [0, 0.1) is 6.92 Å². The lowest BCUT2D eigenvalue weighted by Gasteiger charge is -2.24. The monoisotopic (exact) mass is 417 g/mol. The second-order valence-corrected chi connectivity index (χ2v) is 8.38. The second-order valence-electron chi connectivity index (χ2n) is 8.38. The van der Waals surface area contributed by atoms with Gasteiger partial charge in [0.25, 0.3) is 0 Å². The van der Waals surface area contributed by atoms with Gasteiger partial charge in [-0.15, -0.1) is 0 Å². The maximum atomic E-state index is 12.5. The molecule has 0 aromatic heterocycles. The number of aliphatic hydroxyl groups excluding tert-OH is 1. The largest absolute Gasteiger partial charge is 0.478 e. The molecule has 1 fully saturated rings. The third-order valence-electron chi connectivity index (χ3n) is 6.06. The van der Waals surface area contributed by atoms with Gasteiger partial charge in [-0.3, -0.25) is 4.79 Å². The maximum Gasteiger partial charge on any atom is 0.335 e. The van der Waals surface area contributed by atoms with E-state index in [1.54, 1.807) is 18.2 Å². The second kappa shape index (κ2) is 8.90. The molecule has 2 aromatic carbocycles. The minimum Gasteiger partial charge on any atom is -0.478 e. The summed E-state index contributed by atoms with van der Waals surface area (Å²) in [6, 6.07) is 13.2. The van der Waals surface area contributed by atoms with Crippen LogP contribution in [0.15, 0.2) is 60.7 Å². The van der Waals surface area contributed by atoms with Crippen molar-refractivity contribution in [1.82, 2.24) is 4.90 Å². The number of likely N-dealkylation sites (tertiary alicyclic amines) is 1. The van der Waals surface area contributed by atoms with Crippen molar-refractivity contribution in [2.75, 3.05) is 6.54 Å². The number of carboxylic acid groups (broad SMARTS) is 1. The number of carbonyl (C=O) groups is 2. The smallest absolute Gasteiger partial charge is 0.335 e. The number of allylic oxidation sites excluding steroid dienone is 1. The molecule has 5 heteroatoms. The van der Waals surface area contributed by atoms with Crippen LogP contribution in [0.2, 0.25) is 0 Å². The van der Waals surface area contributed by atoms with E-state index < -0.39 is 12.1 Å². The molecule has 2 aliphatic rings. The molecule has 1 aliphatic heterocycles. The summed E-state index contributed by atoms with van der Waals surface area (Å²) in [5.41, 5.74) is 5.61. The number of carboxylic acids is 1. The standard InChI is InChI=1S/C26H27NO4/c1-17-3-2-4-18(13-17)14-23(28)10-8-22-9-12-25(29)27(22)16-21-6-5-19-15-20(26(30)31)7-11-24(19)21/h2-4,6-8,10-11,13,15,22-23,28H,5,9,12,14,16H2,1H3,(H,30,31)/b10-8+/t22-,23+/m0/s1. The number of hydrogen-bond acceptors (Lipinski definition) is 3. The first-order valence-corrected chi connectivity index (χ1v) is 10.7. The van der Waals surface area contributed by atoms with E-state index >= 15 is 0 Å². The molecular formula is C26H27NO4. The van der Waals surface area contributed by atoms with Gasteiger partial charge >= 0.3 is 5.97 Å². The molecular weight excluding hydrogens is 390 g/mol. The normalized spacial score (nSPS) is 19.0. The molecule has 0 unspecified atom stereocenters. The highest BCUT2D eigenvalue weighted by Gasteiger charge is 2.31. The first kappa shape index (κ1) is 21.1. The van der Waals surface area contributed by atoms with Crippen LogP contribution < -0.4 is 0 Å². The molecule has 31 heavy (non-hydrogen) atoms. The summed E-state index contributed by atoms with van der Waals surface area (Å²) in [5.74, 6) is -0.820. The van der Waals surface area contributed by atoms with Gasteiger partial charge in [0.1, 0.15) is 0 Å². The summed E-state index contributed by atoms with van der Waals surface area (Å²) in [7, 11) is 0. The van der Waals surface area contributed by atoms with Gasteiger partial charge in [0, 0.05) is 19.4 Å². The van der Waals surface area contributed by atoms with Gasteiger partial charge in [0.2, 0.25) is 5.91 Å². The molecule has 2 atom stereocenters. The Morgan fingerprint density at radius 2 is 2.10 bits per heavy atom. The zero-order valence-electron chi connectivity index (χ0n) is 17.6. The molecule has 0 bridgehead atoms. The molecule has 1 aliphatic carbocycles. The van der Waals surface area contributed by atoms with Crippen LogP contribution in [0.25, 0.3) is 5.57 Å². The van der Waals surface area contributed by atoms with Crippen molar-refractivity contribution >= 4 is 17.4 Å². The van der Waals surface area contributed by atoms with Gasteiger partial charge < -0.3 is 15.1 Å². The predicted molar refractivity (Wildman–Crippen MR) is 120 cm³/mol. The fourth-order valence-electron chi connectivity index (χ4n) is 4.45. The number of aryl methyl sites for hydroxylation is 1. The number of benzene rings is 2. The fourth-order valence-corrected chi connectivity index (χ4v) is 4.45. The van der Waals surface area contributed by atoms with E-state index in [1.807, 2.05) is 42.2 Å². The number of nitrogens with zero attached hydrogens (tertiary/aromatic N) is 1. The van der Waals surface area contributed by atoms with Gasteiger partial charge in [-0.2, -0.15) is 0 Å². The van der Waals surface area contributed by atoms with E-state index in [4.69, 9.17) is 0 Å². The summed E-state index contributed by atoms with van der Waals surface area (Å²) in [4.78, 5) is 25.6. The average molecular weight is 418 g/mol. The minimum absolute atomic E-state index is 0.0390. The lowest BCUT2D eigenvalue weighted by molar-refractivity contribution is -0.127. The molecule has 2 aromatic rings. The lowest BCUT2D eigenvalue weighted by Crippen LogP contribution is -2.33. The summed E-state index contributed by atoms with van der Waals surface area (Å²) in [5, 5.41) is 19.6. The number of aromatic carboxylic acids is 1. The molecule has 1 saturated heterocycles. The van der Waals surface area contributed by atoms with Gasteiger partial charge in [0.15, 0.2) is 0 Å². The Kier molecular flexibility index (Phi) is 6.05. The van der Waals surface area contributed by atoms with Crippen molar-refractivity contribution in [3.63, 3.8) is 0 Å². The number of carbonyl (C=O) groups excluding carboxylic acids is 1. The molecule has 4 rings (SSSR count). The van der Waals surface area contributed by atoms with Crippen molar-refractivity contribution in [2.45, 2.75) is 44.8 Å². The van der Waals surface area contributed by atoms with Crippen LogP contribution in [-0.2, 0) is 17.6 Å². The molecule has 5 nitrogen and oxygen atoms in total. The number of aliphatic hydroxyl groups is 1. The van der Waals surface area contributed by atoms with Crippen LogP contribution in [0.1, 0.15) is 45.5 Å². The topological polar surface area (TPSA) is 77.8 Å². The molecule has 1 heterocycles. The highest BCUT2D eigenvalue weighted by Crippen LogP contribution is 2.31. The predicted octanol–water partition coefficient (Wildman–Crippen LogP) is 3.78. The summed E-state index contributed by atoms with van der Waals surface area (Å²) in [6.45, 7) is 2.54. The van der Waals surface area contributed by atoms with Crippen LogP contribution in [0.4, 0.5) is 0 Å². The van der Waals surface area contributed by atoms with E-state index in [1.165, 1.54) is 5.56 Å². The average Bonchev–Trinajstić information content (AvgIpc) is 3.30. The summed E-state index contributed by atoms with van der Waals surface area (Å²) < 4.78 is 0. The van der Waals surface area contributed by atoms with Crippen molar-refractivity contribution in [2.24, 2.45) is 0 Å². The van der Waals surface area contributed by atoms with Gasteiger partial charge in [-0.1, -0.05) is 54.1 Å². The number of hydrogen-bond donors (Lipinski definition) is 2. The number of fused-ring (bicyclic) bond motifs is 1. The first-order valence-electron chi connectivity index (χ1n) is 10.7. The molecule has 0 spiro atoms. The lowest BCUT2D eigenvalue weighted by atomic mass is 10.0. The number of amides is 1. The minimum atomic E-state index is -0.930. The third-order valence-corrected chi connectivity index (χ3v) is 6.06. The Bertz CT molecular complexity index is 1070. The molecule has 2 N–H and O–H groups in total. The maximum absolute atomic E-state index is 12.5. The molecule has 160 valence electrons. The van der Waals surface area contributed by atoms with Crippen molar-refractivity contribution < 1.29 is 19.8 Å². The van der Waals surface area contributed by atoms with Crippen molar-refractivity contribution in [3.05, 3.63) is 88.5 Å². The van der Waals surface area contributed by atoms with Crippen LogP contribution in [-0.4, -0.2) is 45.7 Å². The fraction of sp³-hybridized carbons (Fsp3) is 0.308. The van der Waals surface area contributed by atoms with E-state index in [0.717, 1.165) is 28.7 Å². The quantitative estimate of drug-likeness (QED) is 0.672. The van der Waals surface area contributed by atoms with Crippen LogP contribution >= 0.6 is 0 Å². The Balaban J connectivity index is 1.42. The Morgan fingerprint density at radius 1 is 1.26 bits per heavy atom. The first-order chi connectivity index (χ1) is 14.9. The molecule has 1 amide bonds. The molecule has 0 radical (unpaired) electrons. The van der Waals surface area contributed by atoms with E-state index in [9.17, 15) is 19.8 Å². The Hall–Kier alpha value is -3.18. The van der Waals surface area contributed by atoms with Gasteiger partial charge in [0.05, 0.1) is 17.7 Å². The zero-order valence-corrected chi connectivity index (χ0v) is 17.6. The summed E-state index contributed by atoms with van der Waals surface area (Å²) in [6.07, 6.45) is 7.71. The van der Waals surface area contributed by atoms with Gasteiger partial charge in [-0.05, 0) is 54.2 Å². The SMILES string of the molecule is Cc1cccc(C[C@H](O)/C=C/[C@H]2CCC(=O)N2CC2=CCc3cc(C(=O)O)ccc32)c1. The highest BCUT2D eigenvalue weighted by molar-refractivity contribution is 5.90. The molecule has 0 saturated carbocycles. The van der Waals surface area contributed by atoms with E-state index in [-0.39, 0.29) is 17.5 Å². The zero-order chi connectivity index (χ0) is 22.0. The Labute approximate surface area is 182 Å². The van der Waals surface area contributed by atoms with E-state index in [2.05, 4.69) is 12.1 Å². The Morgan fingerprint density at radius 3 is 2.87 bits per heavy atom.